The van der Waals surface area contributed by atoms with Gasteiger partial charge < -0.3 is 10.6 Å². The van der Waals surface area contributed by atoms with Gasteiger partial charge in [0.1, 0.15) is 5.82 Å². The molecule has 0 radical (unpaired) electrons. The van der Waals surface area contributed by atoms with E-state index < -0.39 is 5.82 Å². The van der Waals surface area contributed by atoms with Gasteiger partial charge in [0, 0.05) is 13.6 Å². The average molecular weight is 250 g/mol. The highest BCUT2D eigenvalue weighted by molar-refractivity contribution is 5.99. The van der Waals surface area contributed by atoms with E-state index in [1.807, 2.05) is 0 Å². The van der Waals surface area contributed by atoms with E-state index in [9.17, 15) is 9.18 Å². The van der Waals surface area contributed by atoms with Gasteiger partial charge in [-0.3, -0.25) is 4.79 Å². The molecule has 0 atom stereocenters. The lowest BCUT2D eigenvalue weighted by molar-refractivity contribution is 0.0948. The lowest BCUT2D eigenvalue weighted by atomic mass is 10.1. The minimum absolute atomic E-state index is 0.203. The van der Waals surface area contributed by atoms with E-state index in [0.29, 0.717) is 18.0 Å². The quantitative estimate of drug-likeness (QED) is 0.862. The molecule has 98 valence electrons. The molecule has 3 nitrogen and oxygen atoms in total. The van der Waals surface area contributed by atoms with E-state index in [2.05, 4.69) is 10.6 Å². The van der Waals surface area contributed by atoms with Crippen LogP contribution in [0.5, 0.6) is 0 Å². The third-order valence-corrected chi connectivity index (χ3v) is 3.53. The number of hydrogen-bond acceptors (Lipinski definition) is 2. The SMILES string of the molecule is CNc1c(F)cccc1C(=O)NCC1CCCC1. The van der Waals surface area contributed by atoms with Gasteiger partial charge in [-0.1, -0.05) is 18.9 Å². The molecular formula is C14H19FN2O. The Labute approximate surface area is 107 Å². The topological polar surface area (TPSA) is 41.1 Å². The maximum absolute atomic E-state index is 13.5. The van der Waals surface area contributed by atoms with Crippen LogP contribution in [0.2, 0.25) is 0 Å². The molecule has 1 aromatic rings. The van der Waals surface area contributed by atoms with E-state index in [1.54, 1.807) is 19.2 Å². The van der Waals surface area contributed by atoms with Crippen LogP contribution in [0.1, 0.15) is 36.0 Å². The van der Waals surface area contributed by atoms with Crippen LogP contribution in [-0.4, -0.2) is 19.5 Å². The van der Waals surface area contributed by atoms with E-state index in [4.69, 9.17) is 0 Å². The minimum atomic E-state index is -0.397. The molecule has 2 rings (SSSR count). The van der Waals surface area contributed by atoms with E-state index in [1.165, 1.54) is 31.7 Å². The molecule has 1 aromatic carbocycles. The van der Waals surface area contributed by atoms with Crippen LogP contribution in [0.4, 0.5) is 10.1 Å². The average Bonchev–Trinajstić information content (AvgIpc) is 2.88. The number of carbonyl (C=O) groups excluding carboxylic acids is 1. The Morgan fingerprint density at radius 1 is 1.39 bits per heavy atom. The molecule has 0 heterocycles. The molecule has 18 heavy (non-hydrogen) atoms. The smallest absolute Gasteiger partial charge is 0.253 e. The number of rotatable bonds is 4. The van der Waals surface area contributed by atoms with Crippen molar-refractivity contribution >= 4 is 11.6 Å². The fourth-order valence-corrected chi connectivity index (χ4v) is 2.51. The first-order valence-electron chi connectivity index (χ1n) is 6.47. The predicted molar refractivity (Wildman–Crippen MR) is 70.2 cm³/mol. The molecule has 0 bridgehead atoms. The summed E-state index contributed by atoms with van der Waals surface area (Å²) in [5, 5.41) is 5.63. The lowest BCUT2D eigenvalue weighted by Gasteiger charge is -2.13. The minimum Gasteiger partial charge on any atom is -0.385 e. The van der Waals surface area contributed by atoms with Crippen molar-refractivity contribution in [2.75, 3.05) is 18.9 Å². The number of benzene rings is 1. The molecule has 0 aromatic heterocycles. The summed E-state index contributed by atoms with van der Waals surface area (Å²) in [5.74, 6) is -0.0164. The molecule has 0 saturated heterocycles. The zero-order valence-electron chi connectivity index (χ0n) is 10.6. The van der Waals surface area contributed by atoms with Crippen LogP contribution >= 0.6 is 0 Å². The second kappa shape index (κ2) is 5.85. The normalized spacial score (nSPS) is 15.7. The maximum Gasteiger partial charge on any atom is 0.253 e. The highest BCUT2D eigenvalue weighted by atomic mass is 19.1. The van der Waals surface area contributed by atoms with Crippen molar-refractivity contribution in [3.63, 3.8) is 0 Å². The predicted octanol–water partition coefficient (Wildman–Crippen LogP) is 2.79. The van der Waals surface area contributed by atoms with Crippen molar-refractivity contribution < 1.29 is 9.18 Å². The van der Waals surface area contributed by atoms with Gasteiger partial charge in [0.15, 0.2) is 0 Å². The van der Waals surface area contributed by atoms with Crippen LogP contribution in [0.3, 0.4) is 0 Å². The van der Waals surface area contributed by atoms with Gasteiger partial charge in [0.05, 0.1) is 11.3 Å². The van der Waals surface area contributed by atoms with Crippen molar-refractivity contribution in [3.8, 4) is 0 Å². The van der Waals surface area contributed by atoms with Gasteiger partial charge in [0.25, 0.3) is 5.91 Å². The second-order valence-electron chi connectivity index (χ2n) is 4.77. The molecule has 1 saturated carbocycles. The monoisotopic (exact) mass is 250 g/mol. The number of amides is 1. The second-order valence-corrected chi connectivity index (χ2v) is 4.77. The molecule has 4 heteroatoms. The molecule has 0 spiro atoms. The third kappa shape index (κ3) is 2.81. The molecule has 0 aliphatic heterocycles. The third-order valence-electron chi connectivity index (χ3n) is 3.53. The highest BCUT2D eigenvalue weighted by Gasteiger charge is 2.18. The largest absolute Gasteiger partial charge is 0.385 e. The standard InChI is InChI=1S/C14H19FN2O/c1-16-13-11(7-4-8-12(13)15)14(18)17-9-10-5-2-3-6-10/h4,7-8,10,16H,2-3,5-6,9H2,1H3,(H,17,18). The van der Waals surface area contributed by atoms with Crippen molar-refractivity contribution in [1.82, 2.24) is 5.32 Å². The Morgan fingerprint density at radius 3 is 2.78 bits per heavy atom. The van der Waals surface area contributed by atoms with Gasteiger partial charge >= 0.3 is 0 Å². The number of carbonyl (C=O) groups is 1. The molecule has 1 fully saturated rings. The number of halogens is 1. The maximum atomic E-state index is 13.5. The highest BCUT2D eigenvalue weighted by Crippen LogP contribution is 2.24. The van der Waals surface area contributed by atoms with E-state index in [0.717, 1.165) is 0 Å². The summed E-state index contributed by atoms with van der Waals surface area (Å²) in [6.07, 6.45) is 4.87. The molecule has 1 aliphatic rings. The van der Waals surface area contributed by atoms with Gasteiger partial charge in [-0.05, 0) is 30.9 Å². The van der Waals surface area contributed by atoms with Crippen molar-refractivity contribution in [1.29, 1.82) is 0 Å². The van der Waals surface area contributed by atoms with E-state index in [-0.39, 0.29) is 11.6 Å². The zero-order valence-corrected chi connectivity index (χ0v) is 10.6. The first-order valence-corrected chi connectivity index (χ1v) is 6.47. The van der Waals surface area contributed by atoms with Crippen molar-refractivity contribution in [2.45, 2.75) is 25.7 Å². The van der Waals surface area contributed by atoms with Gasteiger partial charge in [0.2, 0.25) is 0 Å². The van der Waals surface area contributed by atoms with E-state index >= 15 is 0 Å². The molecule has 1 amide bonds. The molecule has 2 N–H and O–H groups in total. The Balaban J connectivity index is 2.01. The van der Waals surface area contributed by atoms with Gasteiger partial charge in [-0.2, -0.15) is 0 Å². The number of anilines is 1. The summed E-state index contributed by atoms with van der Waals surface area (Å²) < 4.78 is 13.5. The molecule has 0 unspecified atom stereocenters. The summed E-state index contributed by atoms with van der Waals surface area (Å²) in [7, 11) is 1.62. The fourth-order valence-electron chi connectivity index (χ4n) is 2.51. The zero-order chi connectivity index (χ0) is 13.0. The Hall–Kier alpha value is -1.58. The lowest BCUT2D eigenvalue weighted by Crippen LogP contribution is -2.29. The van der Waals surface area contributed by atoms with Gasteiger partial charge in [-0.25, -0.2) is 4.39 Å². The van der Waals surface area contributed by atoms with Crippen molar-refractivity contribution in [2.24, 2.45) is 5.92 Å². The first kappa shape index (κ1) is 12.9. The summed E-state index contributed by atoms with van der Waals surface area (Å²) in [5.41, 5.74) is 0.636. The van der Waals surface area contributed by atoms with Crippen molar-refractivity contribution in [3.05, 3.63) is 29.6 Å². The summed E-state index contributed by atoms with van der Waals surface area (Å²) >= 11 is 0. The van der Waals surface area contributed by atoms with Crippen LogP contribution < -0.4 is 10.6 Å². The first-order chi connectivity index (χ1) is 8.72. The van der Waals surface area contributed by atoms with Crippen LogP contribution in [0, 0.1) is 11.7 Å². The Kier molecular flexibility index (Phi) is 4.18. The molecule has 1 aliphatic carbocycles. The van der Waals surface area contributed by atoms with Crippen LogP contribution in [-0.2, 0) is 0 Å². The molecular weight excluding hydrogens is 231 g/mol. The summed E-state index contributed by atoms with van der Waals surface area (Å²) in [6, 6.07) is 4.54. The summed E-state index contributed by atoms with van der Waals surface area (Å²) in [6.45, 7) is 0.693. The van der Waals surface area contributed by atoms with Crippen LogP contribution in [0.15, 0.2) is 18.2 Å². The number of hydrogen-bond donors (Lipinski definition) is 2. The number of para-hydroxylation sites is 1. The number of nitrogens with one attached hydrogen (secondary N) is 2. The van der Waals surface area contributed by atoms with Gasteiger partial charge in [-0.15, -0.1) is 0 Å². The Morgan fingerprint density at radius 2 is 2.11 bits per heavy atom. The fraction of sp³-hybridized carbons (Fsp3) is 0.500. The van der Waals surface area contributed by atoms with Crippen LogP contribution in [0.25, 0.3) is 0 Å². The summed E-state index contributed by atoms with van der Waals surface area (Å²) in [4.78, 5) is 12.0. The Bertz CT molecular complexity index is 428.